The quantitative estimate of drug-likeness (QED) is 0.893. The first-order chi connectivity index (χ1) is 13.0. The van der Waals surface area contributed by atoms with E-state index in [9.17, 15) is 9.59 Å². The Balaban J connectivity index is 1.59. The van der Waals surface area contributed by atoms with Crippen LogP contribution in [-0.4, -0.2) is 41.9 Å². The molecule has 0 bridgehead atoms. The van der Waals surface area contributed by atoms with E-state index in [1.165, 1.54) is 5.56 Å². The van der Waals surface area contributed by atoms with Gasteiger partial charge in [-0.1, -0.05) is 42.5 Å². The normalized spacial score (nSPS) is 16.7. The van der Waals surface area contributed by atoms with E-state index in [4.69, 9.17) is 0 Å². The van der Waals surface area contributed by atoms with Gasteiger partial charge in [0.25, 0.3) is 0 Å². The minimum absolute atomic E-state index is 0.107. The molecule has 5 heteroatoms. The van der Waals surface area contributed by atoms with Gasteiger partial charge in [-0.15, -0.1) is 0 Å². The summed E-state index contributed by atoms with van der Waals surface area (Å²) in [6, 6.07) is 17.4. The summed E-state index contributed by atoms with van der Waals surface area (Å²) in [5.41, 5.74) is 3.11. The lowest BCUT2D eigenvalue weighted by atomic mass is 9.96. The van der Waals surface area contributed by atoms with Crippen LogP contribution in [0.1, 0.15) is 24.0 Å². The van der Waals surface area contributed by atoms with Crippen molar-refractivity contribution >= 4 is 17.6 Å². The Kier molecular flexibility index (Phi) is 6.12. The van der Waals surface area contributed by atoms with Gasteiger partial charge >= 0.3 is 6.03 Å². The van der Waals surface area contributed by atoms with Crippen molar-refractivity contribution < 1.29 is 9.59 Å². The van der Waals surface area contributed by atoms with Gasteiger partial charge in [0, 0.05) is 32.4 Å². The molecule has 1 aliphatic heterocycles. The SMILES string of the molecule is Cc1ccccc1CN(C)C(=O)[C@H]1CCCN(C(=O)Nc2ccccc2)C1. The van der Waals surface area contributed by atoms with Gasteiger partial charge in [-0.05, 0) is 43.0 Å². The van der Waals surface area contributed by atoms with E-state index < -0.39 is 0 Å². The zero-order valence-corrected chi connectivity index (χ0v) is 16.0. The van der Waals surface area contributed by atoms with Crippen LogP contribution in [0.15, 0.2) is 54.6 Å². The Morgan fingerprint density at radius 2 is 1.81 bits per heavy atom. The summed E-state index contributed by atoms with van der Waals surface area (Å²) < 4.78 is 0. The topological polar surface area (TPSA) is 52.7 Å². The van der Waals surface area contributed by atoms with E-state index in [0.29, 0.717) is 19.6 Å². The number of nitrogens with zero attached hydrogens (tertiary/aromatic N) is 2. The third-order valence-electron chi connectivity index (χ3n) is 5.13. The smallest absolute Gasteiger partial charge is 0.321 e. The maximum Gasteiger partial charge on any atom is 0.321 e. The zero-order valence-electron chi connectivity index (χ0n) is 16.0. The number of urea groups is 1. The van der Waals surface area contributed by atoms with Crippen molar-refractivity contribution in [3.8, 4) is 0 Å². The summed E-state index contributed by atoms with van der Waals surface area (Å²) in [7, 11) is 1.84. The lowest BCUT2D eigenvalue weighted by Gasteiger charge is -2.34. The predicted molar refractivity (Wildman–Crippen MR) is 107 cm³/mol. The molecule has 1 heterocycles. The largest absolute Gasteiger partial charge is 0.341 e. The number of anilines is 1. The zero-order chi connectivity index (χ0) is 19.2. The molecule has 0 saturated carbocycles. The maximum atomic E-state index is 12.9. The van der Waals surface area contributed by atoms with E-state index in [-0.39, 0.29) is 17.9 Å². The van der Waals surface area contributed by atoms with E-state index >= 15 is 0 Å². The molecule has 0 aliphatic carbocycles. The number of carbonyl (C=O) groups excluding carboxylic acids is 2. The van der Waals surface area contributed by atoms with Gasteiger partial charge in [-0.25, -0.2) is 4.79 Å². The highest BCUT2D eigenvalue weighted by Gasteiger charge is 2.30. The van der Waals surface area contributed by atoms with Gasteiger partial charge in [0.1, 0.15) is 0 Å². The van der Waals surface area contributed by atoms with Crippen LogP contribution in [0.2, 0.25) is 0 Å². The number of piperidine rings is 1. The molecule has 0 radical (unpaired) electrons. The van der Waals surface area contributed by atoms with E-state index in [0.717, 1.165) is 24.1 Å². The molecule has 1 atom stereocenters. The average molecular weight is 365 g/mol. The molecule has 1 saturated heterocycles. The molecule has 5 nitrogen and oxygen atoms in total. The first-order valence-electron chi connectivity index (χ1n) is 9.45. The molecular formula is C22H27N3O2. The molecule has 1 fully saturated rings. The molecule has 0 aromatic heterocycles. The van der Waals surface area contributed by atoms with Crippen molar-refractivity contribution in [2.45, 2.75) is 26.3 Å². The van der Waals surface area contributed by atoms with Gasteiger partial charge in [-0.2, -0.15) is 0 Å². The third-order valence-corrected chi connectivity index (χ3v) is 5.13. The molecule has 2 aromatic rings. The molecule has 142 valence electrons. The highest BCUT2D eigenvalue weighted by molar-refractivity contribution is 5.90. The molecule has 1 aliphatic rings. The van der Waals surface area contributed by atoms with Crippen molar-refractivity contribution in [2.24, 2.45) is 5.92 Å². The molecule has 3 amide bonds. The fourth-order valence-corrected chi connectivity index (χ4v) is 3.52. The van der Waals surface area contributed by atoms with Gasteiger partial charge in [0.05, 0.1) is 5.92 Å². The Morgan fingerprint density at radius 1 is 1.11 bits per heavy atom. The third kappa shape index (κ3) is 4.88. The Hall–Kier alpha value is -2.82. The monoisotopic (exact) mass is 365 g/mol. The molecular weight excluding hydrogens is 338 g/mol. The first-order valence-corrected chi connectivity index (χ1v) is 9.45. The van der Waals surface area contributed by atoms with Crippen molar-refractivity contribution in [3.05, 3.63) is 65.7 Å². The number of aryl methyl sites for hydroxylation is 1. The van der Waals surface area contributed by atoms with Crippen molar-refractivity contribution in [3.63, 3.8) is 0 Å². The molecule has 0 spiro atoms. The first kappa shape index (κ1) is 19.0. The highest BCUT2D eigenvalue weighted by atomic mass is 16.2. The van der Waals surface area contributed by atoms with Crippen LogP contribution < -0.4 is 5.32 Å². The standard InChI is InChI=1S/C22H27N3O2/c1-17-9-6-7-10-18(17)15-24(2)21(26)19-11-8-14-25(16-19)22(27)23-20-12-4-3-5-13-20/h3-7,9-10,12-13,19H,8,11,14-16H2,1-2H3,(H,23,27)/t19-/m0/s1. The number of hydrogen-bond donors (Lipinski definition) is 1. The van der Waals surface area contributed by atoms with Gasteiger partial charge < -0.3 is 15.1 Å². The number of nitrogens with one attached hydrogen (secondary N) is 1. The van der Waals surface area contributed by atoms with Gasteiger partial charge in [0.15, 0.2) is 0 Å². The van der Waals surface area contributed by atoms with Crippen LogP contribution in [0.4, 0.5) is 10.5 Å². The highest BCUT2D eigenvalue weighted by Crippen LogP contribution is 2.21. The van der Waals surface area contributed by atoms with E-state index in [1.807, 2.05) is 49.5 Å². The van der Waals surface area contributed by atoms with Crippen LogP contribution in [-0.2, 0) is 11.3 Å². The number of likely N-dealkylation sites (tertiary alicyclic amines) is 1. The molecule has 3 rings (SSSR count). The number of carbonyl (C=O) groups is 2. The minimum Gasteiger partial charge on any atom is -0.341 e. The van der Waals surface area contributed by atoms with Crippen LogP contribution >= 0.6 is 0 Å². The lowest BCUT2D eigenvalue weighted by Crippen LogP contribution is -2.47. The second-order valence-electron chi connectivity index (χ2n) is 7.20. The van der Waals surface area contributed by atoms with Crippen LogP contribution in [0, 0.1) is 12.8 Å². The van der Waals surface area contributed by atoms with E-state index in [1.54, 1.807) is 9.80 Å². The summed E-state index contributed by atoms with van der Waals surface area (Å²) in [6.45, 7) is 3.81. The number of benzene rings is 2. The molecule has 1 N–H and O–H groups in total. The fraction of sp³-hybridized carbons (Fsp3) is 0.364. The molecule has 2 aromatic carbocycles. The second kappa shape index (κ2) is 8.71. The van der Waals surface area contributed by atoms with E-state index in [2.05, 4.69) is 24.4 Å². The number of para-hydroxylation sites is 1. The number of rotatable bonds is 4. The molecule has 27 heavy (non-hydrogen) atoms. The fourth-order valence-electron chi connectivity index (χ4n) is 3.52. The second-order valence-corrected chi connectivity index (χ2v) is 7.20. The minimum atomic E-state index is -0.144. The maximum absolute atomic E-state index is 12.9. The molecule has 0 unspecified atom stereocenters. The number of hydrogen-bond acceptors (Lipinski definition) is 2. The average Bonchev–Trinajstić information content (AvgIpc) is 2.70. The lowest BCUT2D eigenvalue weighted by molar-refractivity contribution is -0.136. The van der Waals surface area contributed by atoms with Crippen molar-refractivity contribution in [1.82, 2.24) is 9.80 Å². The van der Waals surface area contributed by atoms with Gasteiger partial charge in [0.2, 0.25) is 5.91 Å². The van der Waals surface area contributed by atoms with Gasteiger partial charge in [-0.3, -0.25) is 4.79 Å². The van der Waals surface area contributed by atoms with Crippen molar-refractivity contribution in [1.29, 1.82) is 0 Å². The number of amides is 3. The summed E-state index contributed by atoms with van der Waals surface area (Å²) in [4.78, 5) is 29.0. The summed E-state index contributed by atoms with van der Waals surface area (Å²) in [5, 5.41) is 2.91. The van der Waals surface area contributed by atoms with Crippen LogP contribution in [0.5, 0.6) is 0 Å². The summed E-state index contributed by atoms with van der Waals surface area (Å²) >= 11 is 0. The Labute approximate surface area is 161 Å². The Morgan fingerprint density at radius 3 is 2.56 bits per heavy atom. The predicted octanol–water partition coefficient (Wildman–Crippen LogP) is 3.90. The summed E-state index contributed by atoms with van der Waals surface area (Å²) in [6.07, 6.45) is 1.67. The Bertz CT molecular complexity index is 791. The van der Waals surface area contributed by atoms with Crippen LogP contribution in [0.25, 0.3) is 0 Å². The van der Waals surface area contributed by atoms with Crippen molar-refractivity contribution in [2.75, 3.05) is 25.5 Å². The van der Waals surface area contributed by atoms with Crippen LogP contribution in [0.3, 0.4) is 0 Å². The summed E-state index contributed by atoms with van der Waals surface area (Å²) in [5.74, 6) is -0.0373.